The maximum atomic E-state index is 14.4. The zero-order chi connectivity index (χ0) is 26.3. The third-order valence-corrected chi connectivity index (χ3v) is 5.25. The first-order valence-electron chi connectivity index (χ1n) is 11.5. The van der Waals surface area contributed by atoms with Crippen LogP contribution in [0, 0.1) is 5.82 Å². The molecule has 0 N–H and O–H groups in total. The lowest BCUT2D eigenvalue weighted by molar-refractivity contribution is 0.00628. The predicted molar refractivity (Wildman–Crippen MR) is 129 cm³/mol. The lowest BCUT2D eigenvalue weighted by atomic mass is 10.1. The van der Waals surface area contributed by atoms with Crippen LogP contribution < -0.4 is 0 Å². The van der Waals surface area contributed by atoms with Crippen molar-refractivity contribution in [1.82, 2.24) is 14.8 Å². The molecule has 9 nitrogen and oxygen atoms in total. The highest BCUT2D eigenvalue weighted by atomic mass is 19.1. The van der Waals surface area contributed by atoms with Crippen LogP contribution in [0.4, 0.5) is 14.0 Å². The highest BCUT2D eigenvalue weighted by Gasteiger charge is 2.34. The smallest absolute Gasteiger partial charge is 0.410 e. The summed E-state index contributed by atoms with van der Waals surface area (Å²) in [6.07, 6.45) is 1.82. The highest BCUT2D eigenvalue weighted by molar-refractivity contribution is 5.87. The van der Waals surface area contributed by atoms with Gasteiger partial charge in [0, 0.05) is 19.6 Å². The number of methoxy groups -OCH3 is 1. The summed E-state index contributed by atoms with van der Waals surface area (Å²) in [5.41, 5.74) is -0.0203. The van der Waals surface area contributed by atoms with Gasteiger partial charge < -0.3 is 19.1 Å². The minimum absolute atomic E-state index is 0.0586. The van der Waals surface area contributed by atoms with Crippen molar-refractivity contribution in [3.05, 3.63) is 71.3 Å². The normalized spacial score (nSPS) is 16.1. The van der Waals surface area contributed by atoms with Gasteiger partial charge in [-0.05, 0) is 44.5 Å². The Morgan fingerprint density at radius 1 is 1.08 bits per heavy atom. The third kappa shape index (κ3) is 7.27. The van der Waals surface area contributed by atoms with E-state index in [1.165, 1.54) is 29.1 Å². The van der Waals surface area contributed by atoms with E-state index in [-0.39, 0.29) is 37.6 Å². The van der Waals surface area contributed by atoms with Crippen molar-refractivity contribution in [1.29, 1.82) is 0 Å². The van der Waals surface area contributed by atoms with Crippen molar-refractivity contribution in [2.45, 2.75) is 39.0 Å². The second kappa shape index (κ2) is 11.7. The van der Waals surface area contributed by atoms with E-state index in [2.05, 4.69) is 9.72 Å². The number of hydrogen-bond acceptors (Lipinski definition) is 7. The molecule has 1 atom stereocenters. The topological polar surface area (TPSA) is 98.3 Å². The van der Waals surface area contributed by atoms with E-state index in [1.54, 1.807) is 26.8 Å². The van der Waals surface area contributed by atoms with Gasteiger partial charge in [-0.2, -0.15) is 0 Å². The molecule has 0 unspecified atom stereocenters. The van der Waals surface area contributed by atoms with Gasteiger partial charge in [-0.1, -0.05) is 36.4 Å². The van der Waals surface area contributed by atoms with Crippen LogP contribution in [0.25, 0.3) is 6.08 Å². The molecule has 1 saturated heterocycles. The van der Waals surface area contributed by atoms with Crippen molar-refractivity contribution in [2.24, 2.45) is 0 Å². The molecule has 1 aliphatic heterocycles. The molecule has 1 aliphatic rings. The molecule has 1 aromatic heterocycles. The zero-order valence-corrected chi connectivity index (χ0v) is 20.8. The summed E-state index contributed by atoms with van der Waals surface area (Å²) in [7, 11) is 1.20. The zero-order valence-electron chi connectivity index (χ0n) is 20.8. The number of ether oxygens (including phenoxy) is 3. The molecule has 0 saturated carbocycles. The predicted octanol–water partition coefficient (Wildman–Crippen LogP) is 4.28. The molecule has 0 radical (unpaired) electrons. The first-order valence-corrected chi connectivity index (χ1v) is 11.5. The molecule has 1 fully saturated rings. The minimum Gasteiger partial charge on any atom is -0.464 e. The monoisotopic (exact) mass is 499 g/mol. The first kappa shape index (κ1) is 26.7. The number of amides is 2. The molecule has 36 heavy (non-hydrogen) atoms. The van der Waals surface area contributed by atoms with Crippen LogP contribution in [0.2, 0.25) is 0 Å². The van der Waals surface area contributed by atoms with Gasteiger partial charge in [0.1, 0.15) is 23.7 Å². The maximum Gasteiger partial charge on any atom is 0.410 e. The van der Waals surface area contributed by atoms with E-state index < -0.39 is 35.6 Å². The van der Waals surface area contributed by atoms with Gasteiger partial charge in [0.05, 0.1) is 18.8 Å². The van der Waals surface area contributed by atoms with Gasteiger partial charge in [0.2, 0.25) is 0 Å². The van der Waals surface area contributed by atoms with Gasteiger partial charge in [0.25, 0.3) is 0 Å². The fraction of sp³-hybridized carbons (Fsp3) is 0.385. The summed E-state index contributed by atoms with van der Waals surface area (Å²) in [6.45, 7) is 5.90. The number of benzene rings is 1. The Hall–Kier alpha value is -3.95. The second-order valence-corrected chi connectivity index (χ2v) is 9.14. The third-order valence-electron chi connectivity index (χ3n) is 5.25. The molecular weight excluding hydrogens is 469 g/mol. The Morgan fingerprint density at radius 2 is 1.81 bits per heavy atom. The fourth-order valence-electron chi connectivity index (χ4n) is 3.49. The van der Waals surface area contributed by atoms with Gasteiger partial charge >= 0.3 is 18.2 Å². The Kier molecular flexibility index (Phi) is 8.63. The number of rotatable bonds is 5. The molecule has 0 aliphatic carbocycles. The van der Waals surface area contributed by atoms with Crippen LogP contribution in [-0.2, 0) is 20.8 Å². The number of nitrogens with zero attached hydrogens (tertiary/aromatic N) is 3. The van der Waals surface area contributed by atoms with E-state index in [1.807, 2.05) is 30.3 Å². The van der Waals surface area contributed by atoms with E-state index in [0.717, 1.165) is 11.6 Å². The highest BCUT2D eigenvalue weighted by Crippen LogP contribution is 2.19. The second-order valence-electron chi connectivity index (χ2n) is 9.14. The number of carbonyl (C=O) groups excluding carboxylic acids is 3. The van der Waals surface area contributed by atoms with Crippen molar-refractivity contribution in [3.8, 4) is 0 Å². The Labute approximate surface area is 209 Å². The van der Waals surface area contributed by atoms with Gasteiger partial charge in [-0.25, -0.2) is 23.8 Å². The van der Waals surface area contributed by atoms with Crippen LogP contribution in [0.5, 0.6) is 0 Å². The lowest BCUT2D eigenvalue weighted by Gasteiger charge is -2.39. The van der Waals surface area contributed by atoms with E-state index in [4.69, 9.17) is 9.47 Å². The summed E-state index contributed by atoms with van der Waals surface area (Å²) >= 11 is 0. The molecule has 0 bridgehead atoms. The van der Waals surface area contributed by atoms with E-state index >= 15 is 0 Å². The van der Waals surface area contributed by atoms with Crippen LogP contribution in [0.3, 0.4) is 0 Å². The SMILES string of the molecule is COC(=O)c1ccc(F)c(/C=C/[C@@H]2CN(C(=O)OC(C)(C)C)CCN2C(=O)OCc2ccccc2)n1. The lowest BCUT2D eigenvalue weighted by Crippen LogP contribution is -2.56. The van der Waals surface area contributed by atoms with Crippen molar-refractivity contribution in [2.75, 3.05) is 26.7 Å². The molecule has 2 aromatic rings. The summed E-state index contributed by atoms with van der Waals surface area (Å²) in [6, 6.07) is 10.9. The van der Waals surface area contributed by atoms with Gasteiger partial charge in [0.15, 0.2) is 0 Å². The van der Waals surface area contributed by atoms with Crippen molar-refractivity contribution in [3.63, 3.8) is 0 Å². The average Bonchev–Trinajstić information content (AvgIpc) is 2.85. The fourth-order valence-corrected chi connectivity index (χ4v) is 3.49. The standard InChI is InChI=1S/C26H30FN3O6/c1-26(2,3)36-24(32)29-14-15-30(25(33)35-17-18-8-6-5-7-9-18)19(16-29)10-12-21-20(27)11-13-22(28-21)23(31)34-4/h5-13,19H,14-17H2,1-4H3/b12-10+/t19-/m1/s1. The van der Waals surface area contributed by atoms with Crippen LogP contribution in [0.15, 0.2) is 48.5 Å². The number of esters is 1. The quantitative estimate of drug-likeness (QED) is 0.447. The van der Waals surface area contributed by atoms with Crippen LogP contribution in [0.1, 0.15) is 42.5 Å². The summed E-state index contributed by atoms with van der Waals surface area (Å²) in [5.74, 6) is -1.36. The summed E-state index contributed by atoms with van der Waals surface area (Å²) in [5, 5.41) is 0. The summed E-state index contributed by atoms with van der Waals surface area (Å²) in [4.78, 5) is 44.3. The first-order chi connectivity index (χ1) is 17.1. The van der Waals surface area contributed by atoms with Crippen LogP contribution in [-0.4, -0.2) is 71.3 Å². The summed E-state index contributed by atoms with van der Waals surface area (Å²) < 4.78 is 30.0. The van der Waals surface area contributed by atoms with Crippen molar-refractivity contribution >= 4 is 24.2 Å². The van der Waals surface area contributed by atoms with Gasteiger partial charge in [-0.3, -0.25) is 4.90 Å². The molecule has 3 rings (SSSR count). The molecule has 2 heterocycles. The number of piperazine rings is 1. The Bertz CT molecular complexity index is 1120. The molecule has 192 valence electrons. The number of aromatic nitrogens is 1. The molecule has 0 spiro atoms. The molecule has 1 aromatic carbocycles. The minimum atomic E-state index is -0.704. The molecule has 10 heteroatoms. The Morgan fingerprint density at radius 3 is 2.47 bits per heavy atom. The maximum absolute atomic E-state index is 14.4. The number of hydrogen-bond donors (Lipinski definition) is 0. The molecular formula is C26H30FN3O6. The van der Waals surface area contributed by atoms with Crippen molar-refractivity contribution < 1.29 is 33.0 Å². The average molecular weight is 500 g/mol. The van der Waals surface area contributed by atoms with E-state index in [9.17, 15) is 18.8 Å². The largest absolute Gasteiger partial charge is 0.464 e. The van der Waals surface area contributed by atoms with E-state index in [0.29, 0.717) is 0 Å². The number of carbonyl (C=O) groups is 3. The number of pyridine rings is 1. The number of halogens is 1. The molecule has 2 amide bonds. The van der Waals surface area contributed by atoms with Crippen LogP contribution >= 0.6 is 0 Å². The van der Waals surface area contributed by atoms with Gasteiger partial charge in [-0.15, -0.1) is 0 Å². The Balaban J connectivity index is 1.81.